The molecule has 4 aromatic rings. The first kappa shape index (κ1) is 104. The fraction of sp³-hybridized carbons (Fsp3) is 0.674. The predicted octanol–water partition coefficient (Wildman–Crippen LogP) is 12.1. The van der Waals surface area contributed by atoms with Crippen LogP contribution in [0.1, 0.15) is 170 Å². The second-order valence-corrected chi connectivity index (χ2v) is 30.1. The van der Waals surface area contributed by atoms with Gasteiger partial charge in [0.05, 0.1) is 52.5 Å². The zero-order valence-corrected chi connectivity index (χ0v) is 72.5. The van der Waals surface area contributed by atoms with Crippen molar-refractivity contribution in [3.05, 3.63) is 119 Å². The number of hydrogen-bond acceptors (Lipinski definition) is 25. The van der Waals surface area contributed by atoms with Gasteiger partial charge >= 0.3 is 23.9 Å². The van der Waals surface area contributed by atoms with Crippen molar-refractivity contribution in [3.8, 4) is 22.3 Å². The number of ether oxygens (including phenoxy) is 19. The van der Waals surface area contributed by atoms with Crippen LogP contribution in [0, 0.1) is 11.8 Å². The van der Waals surface area contributed by atoms with E-state index >= 15 is 0 Å². The van der Waals surface area contributed by atoms with Gasteiger partial charge in [-0.05, 0) is 155 Å². The van der Waals surface area contributed by atoms with Crippen LogP contribution < -0.4 is 10.6 Å². The number of carbonyl (C=O) groups is 6. The summed E-state index contributed by atoms with van der Waals surface area (Å²) in [6, 6.07) is 32.4. The number of nitrogens with one attached hydrogen (secondary N) is 2. The molecule has 0 radical (unpaired) electrons. The van der Waals surface area contributed by atoms with E-state index in [4.69, 9.17) is 90.0 Å². The third kappa shape index (κ3) is 48.8. The molecule has 28 heteroatoms. The summed E-state index contributed by atoms with van der Waals surface area (Å²) >= 11 is 0. The van der Waals surface area contributed by atoms with Crippen LogP contribution in [0.3, 0.4) is 0 Å². The standard InChI is InChI=1S/C48H75NO13.C44H67NO13/c1-48(2,3)62-45(50)20-19-39(37-46(51)61-38-44-42-17-7-5-15-40(42)41-16-6-8-18-43(41)44)47(52)49-21-34-59-32-13-30-57-28-11-26-55-24-9-22-54-23-10-25-56-27-12-29-58-31-14-33-60-36-35-53-4;1-50-32-33-57-30-11-28-55-26-9-24-53-22-7-20-51-19-6-21-52-23-8-25-54-27-10-29-56-31-18-45-44(49)36(16-17-42(46)47)34-43(48)58-35-41-39-14-4-2-12-37(39)38-13-3-5-15-40(38)41/h5-8,15-18,39,44H,9-14,19-38H2,1-4H3,(H,49,52);2-5,12-15,36,41H,6-11,16-35H2,1H3,(H,45,49)(H,46,47)/t39-;36-/m11/s1. The molecule has 2 amide bonds. The Balaban J connectivity index is 0.000000428. The molecule has 0 saturated heterocycles. The lowest BCUT2D eigenvalue weighted by atomic mass is 9.97. The molecule has 120 heavy (non-hydrogen) atoms. The molecule has 0 unspecified atom stereocenters. The zero-order valence-electron chi connectivity index (χ0n) is 72.5. The highest BCUT2D eigenvalue weighted by Gasteiger charge is 2.33. The van der Waals surface area contributed by atoms with Gasteiger partial charge in [0.1, 0.15) is 18.8 Å². The molecule has 0 bridgehead atoms. The quantitative estimate of drug-likeness (QED) is 0.0210. The highest BCUT2D eigenvalue weighted by Crippen LogP contribution is 2.46. The first-order chi connectivity index (χ1) is 58.7. The average Bonchev–Trinajstić information content (AvgIpc) is 1.62. The highest BCUT2D eigenvalue weighted by molar-refractivity contribution is 5.86. The topological polar surface area (TPSA) is 322 Å². The summed E-state index contributed by atoms with van der Waals surface area (Å²) in [5.41, 5.74) is 8.29. The van der Waals surface area contributed by atoms with E-state index in [9.17, 15) is 33.9 Å². The normalized spacial score (nSPS) is 12.7. The lowest BCUT2D eigenvalue weighted by Gasteiger charge is -2.21. The van der Waals surface area contributed by atoms with Crippen molar-refractivity contribution in [3.63, 3.8) is 0 Å². The van der Waals surface area contributed by atoms with Crippen molar-refractivity contribution >= 4 is 35.7 Å². The Morgan fingerprint density at radius 1 is 0.317 bits per heavy atom. The molecule has 676 valence electrons. The fourth-order valence-corrected chi connectivity index (χ4v) is 13.0. The molecule has 0 fully saturated rings. The SMILES string of the molecule is COCCOCCCOCCCOCCCOCCCOCCCOCCCOCCNC(=O)[C@H](CCC(=O)O)CC(=O)OCC1c2ccccc2-c2ccccc21.COCCOCCCOCCCOCCCOCCCOCCCOCCCOCCNC(=O)[C@H](CCC(=O)OC(C)(C)C)CC(=O)OCC1c2ccccc2-c2ccccc21. The van der Waals surface area contributed by atoms with Crippen LogP contribution in [0.4, 0.5) is 0 Å². The molecule has 0 aromatic heterocycles. The largest absolute Gasteiger partial charge is 0.481 e. The minimum absolute atomic E-state index is 0.00746. The number of aliphatic carboxylic acids is 1. The van der Waals surface area contributed by atoms with Gasteiger partial charge in [-0.2, -0.15) is 0 Å². The number of hydrogen-bond donors (Lipinski definition) is 3. The number of benzene rings is 4. The lowest BCUT2D eigenvalue weighted by molar-refractivity contribution is -0.156. The van der Waals surface area contributed by atoms with E-state index in [0.717, 1.165) is 115 Å². The molecule has 2 aliphatic carbocycles. The first-order valence-electron chi connectivity index (χ1n) is 43.4. The number of fused-ring (bicyclic) bond motifs is 6. The summed E-state index contributed by atoms with van der Waals surface area (Å²) in [7, 11) is 3.33. The van der Waals surface area contributed by atoms with E-state index in [2.05, 4.69) is 47.0 Å². The van der Waals surface area contributed by atoms with Crippen LogP contribution in [0.25, 0.3) is 22.3 Å². The van der Waals surface area contributed by atoms with Crippen LogP contribution in [-0.4, -0.2) is 285 Å². The number of amides is 2. The second-order valence-electron chi connectivity index (χ2n) is 30.1. The Kier molecular flexibility index (Phi) is 59.1. The van der Waals surface area contributed by atoms with Crippen molar-refractivity contribution in [2.75, 3.05) is 239 Å². The van der Waals surface area contributed by atoms with E-state index in [0.29, 0.717) is 198 Å². The summed E-state index contributed by atoms with van der Waals surface area (Å²) in [6.45, 7) is 24.8. The van der Waals surface area contributed by atoms with Gasteiger partial charge in [0.2, 0.25) is 11.8 Å². The van der Waals surface area contributed by atoms with E-state index in [1.54, 1.807) is 35.0 Å². The average molecular weight is 1690 g/mol. The number of carbonyl (C=O) groups excluding carboxylic acids is 5. The van der Waals surface area contributed by atoms with Gasteiger partial charge in [0.15, 0.2) is 0 Å². The monoisotopic (exact) mass is 1690 g/mol. The van der Waals surface area contributed by atoms with Gasteiger partial charge in [0.25, 0.3) is 0 Å². The molecule has 28 nitrogen and oxygen atoms in total. The van der Waals surface area contributed by atoms with Gasteiger partial charge in [-0.25, -0.2) is 0 Å². The van der Waals surface area contributed by atoms with Gasteiger partial charge in [-0.3, -0.25) is 28.8 Å². The van der Waals surface area contributed by atoms with Crippen LogP contribution >= 0.6 is 0 Å². The number of carboxylic acid groups (broad SMARTS) is 1. The Morgan fingerprint density at radius 3 is 0.792 bits per heavy atom. The van der Waals surface area contributed by atoms with Crippen molar-refractivity contribution < 1.29 is 124 Å². The van der Waals surface area contributed by atoms with Crippen LogP contribution in [-0.2, 0) is 119 Å². The van der Waals surface area contributed by atoms with E-state index in [1.165, 1.54) is 0 Å². The van der Waals surface area contributed by atoms with Gasteiger partial charge in [-0.1, -0.05) is 97.1 Å². The second kappa shape index (κ2) is 68.5. The molecular weight excluding hydrogens is 1550 g/mol. The molecule has 3 N–H and O–H groups in total. The number of esters is 3. The van der Waals surface area contributed by atoms with Gasteiger partial charge in [0, 0.05) is 222 Å². The fourth-order valence-electron chi connectivity index (χ4n) is 13.0. The summed E-state index contributed by atoms with van der Waals surface area (Å²) in [6.07, 6.45) is 9.62. The maximum absolute atomic E-state index is 13.2. The minimum atomic E-state index is -1.03. The van der Waals surface area contributed by atoms with E-state index in [-0.39, 0.29) is 89.2 Å². The van der Waals surface area contributed by atoms with Crippen molar-refractivity contribution in [1.82, 2.24) is 10.6 Å². The van der Waals surface area contributed by atoms with E-state index in [1.807, 2.05) is 60.7 Å². The zero-order chi connectivity index (χ0) is 85.8. The van der Waals surface area contributed by atoms with Crippen LogP contribution in [0.5, 0.6) is 0 Å². The van der Waals surface area contributed by atoms with Crippen LogP contribution in [0.15, 0.2) is 97.1 Å². The van der Waals surface area contributed by atoms with E-state index < -0.39 is 47.2 Å². The predicted molar refractivity (Wildman–Crippen MR) is 454 cm³/mol. The molecule has 4 aromatic carbocycles. The lowest BCUT2D eigenvalue weighted by Crippen LogP contribution is -2.35. The molecule has 0 saturated carbocycles. The molecule has 6 rings (SSSR count). The first-order valence-corrected chi connectivity index (χ1v) is 43.4. The minimum Gasteiger partial charge on any atom is -0.481 e. The van der Waals surface area contributed by atoms with Gasteiger partial charge in [-0.15, -0.1) is 0 Å². The maximum atomic E-state index is 13.2. The third-order valence-electron chi connectivity index (χ3n) is 19.0. The molecule has 0 spiro atoms. The number of carboxylic acids is 1. The Bertz CT molecular complexity index is 3230. The molecular formula is C92H142N2O26. The van der Waals surface area contributed by atoms with Gasteiger partial charge < -0.3 is 106 Å². The number of methoxy groups -OCH3 is 2. The number of rotatable bonds is 76. The van der Waals surface area contributed by atoms with Crippen molar-refractivity contribution in [1.29, 1.82) is 0 Å². The summed E-state index contributed by atoms with van der Waals surface area (Å²) in [4.78, 5) is 75.9. The third-order valence-corrected chi connectivity index (χ3v) is 19.0. The van der Waals surface area contributed by atoms with Crippen molar-refractivity contribution in [2.45, 2.75) is 154 Å². The molecule has 0 heterocycles. The maximum Gasteiger partial charge on any atom is 0.306 e. The Hall–Kier alpha value is -6.94. The summed E-state index contributed by atoms with van der Waals surface area (Å²) in [5.74, 6) is -4.94. The smallest absolute Gasteiger partial charge is 0.306 e. The van der Waals surface area contributed by atoms with Crippen LogP contribution in [0.2, 0.25) is 0 Å². The molecule has 2 atom stereocenters. The molecule has 2 aliphatic rings. The summed E-state index contributed by atoms with van der Waals surface area (Å²) in [5, 5.41) is 14.8. The Labute approximate surface area is 712 Å². The molecule has 0 aliphatic heterocycles. The van der Waals surface area contributed by atoms with Crippen molar-refractivity contribution in [2.24, 2.45) is 11.8 Å². The summed E-state index contributed by atoms with van der Waals surface area (Å²) < 4.78 is 105. The Morgan fingerprint density at radius 2 is 0.550 bits per heavy atom. The highest BCUT2D eigenvalue weighted by atomic mass is 16.6.